The average molecular weight is 556 g/mol. The lowest BCUT2D eigenvalue weighted by Crippen LogP contribution is -2.57. The Hall–Kier alpha value is -2.92. The van der Waals surface area contributed by atoms with Crippen molar-refractivity contribution in [1.29, 1.82) is 0 Å². The number of fused-ring (bicyclic) bond motifs is 1. The van der Waals surface area contributed by atoms with Crippen LogP contribution in [-0.4, -0.2) is 81.4 Å². The van der Waals surface area contributed by atoms with Crippen LogP contribution in [0.5, 0.6) is 11.5 Å². The van der Waals surface area contributed by atoms with Crippen molar-refractivity contribution in [1.82, 2.24) is 14.1 Å². The van der Waals surface area contributed by atoms with Gasteiger partial charge in [0.15, 0.2) is 0 Å². The Kier molecular flexibility index (Phi) is 7.76. The molecule has 5 rings (SSSR count). The number of nitrogens with zero attached hydrogens (tertiary/aromatic N) is 3. The van der Waals surface area contributed by atoms with E-state index in [0.29, 0.717) is 18.8 Å². The maximum atomic E-state index is 13.5. The highest BCUT2D eigenvalue weighted by Gasteiger charge is 2.37. The van der Waals surface area contributed by atoms with E-state index in [1.165, 1.54) is 14.7 Å². The molecule has 0 radical (unpaired) electrons. The summed E-state index contributed by atoms with van der Waals surface area (Å²) in [5.41, 5.74) is 2.38. The molecule has 202 valence electrons. The quantitative estimate of drug-likeness (QED) is 0.443. The van der Waals surface area contributed by atoms with Crippen LogP contribution in [0.4, 0.5) is 0 Å². The van der Waals surface area contributed by atoms with Crippen molar-refractivity contribution in [3.05, 3.63) is 76.0 Å². The molecule has 1 amide bonds. The number of benzene rings is 2. The summed E-state index contributed by atoms with van der Waals surface area (Å²) in [6.07, 6.45) is 0.914. The number of methoxy groups -OCH3 is 2. The molecule has 0 saturated carbocycles. The standard InChI is InChI=1S/C28H33N3O5S2/c1-20-18-29(15-16-31(20)38(33,34)24-10-8-23(36-3)9-11-24)27(32)19-30-14-12-26-25(13-17-37-26)28(30)21-4-6-22(35-2)7-5-21/h4-11,13,17,20,28H,12,14-16,18-19H2,1-3H3/t20-,28+/m1/s1. The van der Waals surface area contributed by atoms with Crippen molar-refractivity contribution >= 4 is 27.3 Å². The zero-order chi connectivity index (χ0) is 26.9. The van der Waals surface area contributed by atoms with E-state index in [-0.39, 0.29) is 36.0 Å². The van der Waals surface area contributed by atoms with Gasteiger partial charge in [-0.2, -0.15) is 4.31 Å². The molecule has 0 aliphatic carbocycles. The molecular formula is C28H33N3O5S2. The van der Waals surface area contributed by atoms with Crippen molar-refractivity contribution in [3.8, 4) is 11.5 Å². The van der Waals surface area contributed by atoms with E-state index < -0.39 is 10.0 Å². The molecule has 2 aromatic carbocycles. The predicted octanol–water partition coefficient (Wildman–Crippen LogP) is 3.63. The van der Waals surface area contributed by atoms with Gasteiger partial charge in [0, 0.05) is 37.1 Å². The van der Waals surface area contributed by atoms with Gasteiger partial charge in [-0.1, -0.05) is 12.1 Å². The fourth-order valence-electron chi connectivity index (χ4n) is 5.40. The van der Waals surface area contributed by atoms with Gasteiger partial charge in [0.1, 0.15) is 11.5 Å². The first-order valence-corrected chi connectivity index (χ1v) is 15.0. The van der Waals surface area contributed by atoms with Crippen molar-refractivity contribution in [2.75, 3.05) is 46.9 Å². The van der Waals surface area contributed by atoms with Crippen molar-refractivity contribution < 1.29 is 22.7 Å². The minimum atomic E-state index is -3.67. The predicted molar refractivity (Wildman–Crippen MR) is 147 cm³/mol. The molecule has 8 nitrogen and oxygen atoms in total. The molecule has 2 aliphatic rings. The van der Waals surface area contributed by atoms with Gasteiger partial charge in [-0.15, -0.1) is 11.3 Å². The van der Waals surface area contributed by atoms with Crippen LogP contribution in [0.25, 0.3) is 0 Å². The number of carbonyl (C=O) groups excluding carboxylic acids is 1. The van der Waals surface area contributed by atoms with Crippen LogP contribution in [-0.2, 0) is 21.2 Å². The van der Waals surface area contributed by atoms with Crippen molar-refractivity contribution in [3.63, 3.8) is 0 Å². The second kappa shape index (κ2) is 11.1. The lowest BCUT2D eigenvalue weighted by molar-refractivity contribution is -0.135. The van der Waals surface area contributed by atoms with Gasteiger partial charge < -0.3 is 14.4 Å². The van der Waals surface area contributed by atoms with Gasteiger partial charge in [-0.3, -0.25) is 9.69 Å². The van der Waals surface area contributed by atoms with Crippen LogP contribution < -0.4 is 9.47 Å². The van der Waals surface area contributed by atoms with E-state index in [4.69, 9.17) is 9.47 Å². The molecule has 2 atom stereocenters. The van der Waals surface area contributed by atoms with Crippen molar-refractivity contribution in [2.45, 2.75) is 30.3 Å². The molecule has 0 N–H and O–H groups in total. The summed E-state index contributed by atoms with van der Waals surface area (Å²) in [7, 11) is -0.471. The monoisotopic (exact) mass is 555 g/mol. The molecule has 0 unspecified atom stereocenters. The summed E-state index contributed by atoms with van der Waals surface area (Å²) in [5, 5.41) is 2.12. The summed E-state index contributed by atoms with van der Waals surface area (Å²) in [4.78, 5) is 19.2. The van der Waals surface area contributed by atoms with Crippen molar-refractivity contribution in [2.24, 2.45) is 0 Å². The van der Waals surface area contributed by atoms with Crippen LogP contribution in [0, 0.1) is 0 Å². The average Bonchev–Trinajstić information content (AvgIpc) is 3.42. The molecule has 1 aromatic heterocycles. The minimum absolute atomic E-state index is 0.00554. The van der Waals surface area contributed by atoms with E-state index in [2.05, 4.69) is 28.5 Å². The third kappa shape index (κ3) is 5.18. The molecule has 10 heteroatoms. The number of sulfonamides is 1. The highest BCUT2D eigenvalue weighted by atomic mass is 32.2. The molecular weight excluding hydrogens is 522 g/mol. The first-order chi connectivity index (χ1) is 18.3. The zero-order valence-corrected chi connectivity index (χ0v) is 23.5. The number of hydrogen-bond donors (Lipinski definition) is 0. The van der Waals surface area contributed by atoms with E-state index >= 15 is 0 Å². The lowest BCUT2D eigenvalue weighted by atomic mass is 9.93. The summed E-state index contributed by atoms with van der Waals surface area (Å²) in [5.74, 6) is 1.43. The number of thiophene rings is 1. The van der Waals surface area contributed by atoms with Gasteiger partial charge in [-0.25, -0.2) is 8.42 Å². The van der Waals surface area contributed by atoms with E-state index in [1.54, 1.807) is 54.7 Å². The maximum Gasteiger partial charge on any atom is 0.243 e. The molecule has 1 fully saturated rings. The SMILES string of the molecule is COc1ccc([C@H]2c3ccsc3CCN2CC(=O)N2CCN(S(=O)(=O)c3ccc(OC)cc3)[C@H](C)C2)cc1. The summed E-state index contributed by atoms with van der Waals surface area (Å²) >= 11 is 1.77. The molecule has 3 aromatic rings. The number of rotatable bonds is 7. The van der Waals surface area contributed by atoms with Crippen LogP contribution >= 0.6 is 11.3 Å². The normalized spacial score (nSPS) is 20.7. The van der Waals surface area contributed by atoms with Crippen LogP contribution in [0.2, 0.25) is 0 Å². The fourth-order valence-corrected chi connectivity index (χ4v) is 7.91. The molecule has 3 heterocycles. The molecule has 0 bridgehead atoms. The molecule has 38 heavy (non-hydrogen) atoms. The largest absolute Gasteiger partial charge is 0.497 e. The van der Waals surface area contributed by atoms with E-state index in [9.17, 15) is 13.2 Å². The first kappa shape index (κ1) is 26.7. The molecule has 1 saturated heterocycles. The number of ether oxygens (including phenoxy) is 2. The fraction of sp³-hybridized carbons (Fsp3) is 0.393. The van der Waals surface area contributed by atoms with Gasteiger partial charge in [0.25, 0.3) is 0 Å². The van der Waals surface area contributed by atoms with Gasteiger partial charge >= 0.3 is 0 Å². The van der Waals surface area contributed by atoms with E-state index in [1.807, 2.05) is 19.1 Å². The number of carbonyl (C=O) groups is 1. The Balaban J connectivity index is 1.29. The van der Waals surface area contributed by atoms with Crippen LogP contribution in [0.15, 0.2) is 64.9 Å². The second-order valence-corrected chi connectivity index (χ2v) is 12.6. The smallest absolute Gasteiger partial charge is 0.243 e. The van der Waals surface area contributed by atoms with Gasteiger partial charge in [0.2, 0.25) is 15.9 Å². The summed E-state index contributed by atoms with van der Waals surface area (Å²) in [6.45, 7) is 3.92. The number of hydrogen-bond acceptors (Lipinski definition) is 7. The highest BCUT2D eigenvalue weighted by molar-refractivity contribution is 7.89. The summed E-state index contributed by atoms with van der Waals surface area (Å²) in [6, 6.07) is 16.3. The highest BCUT2D eigenvalue weighted by Crippen LogP contribution is 2.38. The maximum absolute atomic E-state index is 13.5. The van der Waals surface area contributed by atoms with Crippen LogP contribution in [0.1, 0.15) is 29.0 Å². The Bertz CT molecular complexity index is 1370. The lowest BCUT2D eigenvalue weighted by Gasteiger charge is -2.41. The van der Waals surface area contributed by atoms with Gasteiger partial charge in [0.05, 0.1) is 31.7 Å². The Labute approximate surface area is 228 Å². The first-order valence-electron chi connectivity index (χ1n) is 12.7. The third-order valence-electron chi connectivity index (χ3n) is 7.42. The minimum Gasteiger partial charge on any atom is -0.497 e. The van der Waals surface area contributed by atoms with E-state index in [0.717, 1.165) is 24.3 Å². The Morgan fingerprint density at radius 3 is 2.24 bits per heavy atom. The Morgan fingerprint density at radius 2 is 1.61 bits per heavy atom. The third-order valence-corrected chi connectivity index (χ3v) is 10.4. The summed E-state index contributed by atoms with van der Waals surface area (Å²) < 4.78 is 38.6. The second-order valence-electron chi connectivity index (χ2n) is 9.68. The zero-order valence-electron chi connectivity index (χ0n) is 21.9. The Morgan fingerprint density at radius 1 is 0.947 bits per heavy atom. The molecule has 0 spiro atoms. The molecule has 2 aliphatic heterocycles. The van der Waals surface area contributed by atoms with Crippen LogP contribution in [0.3, 0.4) is 0 Å². The number of piperazine rings is 1. The topological polar surface area (TPSA) is 79.4 Å². The number of amides is 1. The van der Waals surface area contributed by atoms with Gasteiger partial charge in [-0.05, 0) is 72.3 Å².